The van der Waals surface area contributed by atoms with Gasteiger partial charge in [0, 0.05) is 17.7 Å². The quantitative estimate of drug-likeness (QED) is 0.688. The predicted octanol–water partition coefficient (Wildman–Crippen LogP) is 3.41. The van der Waals surface area contributed by atoms with Crippen molar-refractivity contribution in [2.45, 2.75) is 39.2 Å². The van der Waals surface area contributed by atoms with E-state index >= 15 is 0 Å². The minimum absolute atomic E-state index is 0.0173. The van der Waals surface area contributed by atoms with Crippen molar-refractivity contribution in [3.8, 4) is 5.75 Å². The summed E-state index contributed by atoms with van der Waals surface area (Å²) in [4.78, 5) is 11.9. The highest BCUT2D eigenvalue weighted by Gasteiger charge is 2.11. The van der Waals surface area contributed by atoms with Gasteiger partial charge in [0.1, 0.15) is 5.75 Å². The first-order valence-corrected chi connectivity index (χ1v) is 7.55. The van der Waals surface area contributed by atoms with Gasteiger partial charge < -0.3 is 20.5 Å². The number of amides is 2. The summed E-state index contributed by atoms with van der Waals surface area (Å²) in [5.41, 5.74) is 0.544. The molecule has 0 saturated carbocycles. The fourth-order valence-electron chi connectivity index (χ4n) is 1.79. The van der Waals surface area contributed by atoms with Crippen LogP contribution in [0.5, 0.6) is 5.75 Å². The van der Waals surface area contributed by atoms with Crippen molar-refractivity contribution in [1.82, 2.24) is 5.32 Å². The van der Waals surface area contributed by atoms with E-state index in [1.807, 2.05) is 13.8 Å². The molecule has 0 spiro atoms. The number of aliphatic hydroxyl groups excluding tert-OH is 1. The van der Waals surface area contributed by atoms with Crippen molar-refractivity contribution >= 4 is 23.3 Å². The molecular weight excluding hydrogens is 292 g/mol. The summed E-state index contributed by atoms with van der Waals surface area (Å²) in [5, 5.41) is 14.9. The van der Waals surface area contributed by atoms with E-state index in [0.717, 1.165) is 12.8 Å². The second-order valence-corrected chi connectivity index (χ2v) is 5.29. The molecule has 6 heteroatoms. The van der Waals surface area contributed by atoms with Gasteiger partial charge in [0.05, 0.1) is 12.3 Å². The third-order valence-electron chi connectivity index (χ3n) is 2.82. The Hall–Kier alpha value is -1.46. The third kappa shape index (κ3) is 6.69. The van der Waals surface area contributed by atoms with Crippen molar-refractivity contribution in [1.29, 1.82) is 0 Å². The van der Waals surface area contributed by atoms with Gasteiger partial charge >= 0.3 is 6.03 Å². The summed E-state index contributed by atoms with van der Waals surface area (Å²) in [6.45, 7) is 4.60. The van der Waals surface area contributed by atoms with Crippen molar-refractivity contribution < 1.29 is 14.6 Å². The van der Waals surface area contributed by atoms with Crippen LogP contribution in [0.15, 0.2) is 18.2 Å². The first-order chi connectivity index (χ1) is 10.1. The average molecular weight is 315 g/mol. The first-order valence-electron chi connectivity index (χ1n) is 7.17. The molecule has 0 aliphatic carbocycles. The van der Waals surface area contributed by atoms with E-state index in [2.05, 4.69) is 10.6 Å². The molecule has 118 valence electrons. The molecule has 2 amide bonds. The number of anilines is 1. The lowest BCUT2D eigenvalue weighted by Crippen LogP contribution is -2.36. The van der Waals surface area contributed by atoms with Gasteiger partial charge in [-0.3, -0.25) is 0 Å². The van der Waals surface area contributed by atoms with Crippen LogP contribution in [0.25, 0.3) is 0 Å². The van der Waals surface area contributed by atoms with Crippen molar-refractivity contribution in [2.24, 2.45) is 0 Å². The third-order valence-corrected chi connectivity index (χ3v) is 3.06. The van der Waals surface area contributed by atoms with Gasteiger partial charge in [0.15, 0.2) is 0 Å². The number of benzene rings is 1. The smallest absolute Gasteiger partial charge is 0.319 e. The van der Waals surface area contributed by atoms with Gasteiger partial charge in [-0.15, -0.1) is 0 Å². The lowest BCUT2D eigenvalue weighted by Gasteiger charge is -2.16. The van der Waals surface area contributed by atoms with Gasteiger partial charge in [-0.05, 0) is 44.4 Å². The number of halogens is 1. The molecule has 0 bridgehead atoms. The summed E-state index contributed by atoms with van der Waals surface area (Å²) in [6, 6.07) is 4.78. The second kappa shape index (κ2) is 9.47. The zero-order valence-electron chi connectivity index (χ0n) is 12.5. The Morgan fingerprint density at radius 2 is 2.24 bits per heavy atom. The van der Waals surface area contributed by atoms with Gasteiger partial charge in [-0.2, -0.15) is 0 Å². The molecule has 1 aromatic rings. The van der Waals surface area contributed by atoms with Crippen molar-refractivity contribution in [3.05, 3.63) is 23.2 Å². The fraction of sp³-hybridized carbons (Fsp3) is 0.533. The summed E-state index contributed by atoms with van der Waals surface area (Å²) >= 11 is 5.95. The molecule has 0 aromatic heterocycles. The Kier molecular flexibility index (Phi) is 7.93. The van der Waals surface area contributed by atoms with E-state index in [4.69, 9.17) is 21.4 Å². The Labute approximate surface area is 130 Å². The van der Waals surface area contributed by atoms with Crippen LogP contribution in [0.1, 0.15) is 33.1 Å². The summed E-state index contributed by atoms with van der Waals surface area (Å²) in [6.07, 6.45) is 2.26. The Morgan fingerprint density at radius 1 is 1.48 bits per heavy atom. The van der Waals surface area contributed by atoms with E-state index in [9.17, 15) is 4.79 Å². The maximum absolute atomic E-state index is 11.9. The number of hydrogen-bond donors (Lipinski definition) is 3. The Balaban J connectivity index is 2.63. The van der Waals surface area contributed by atoms with Gasteiger partial charge in [0.2, 0.25) is 0 Å². The predicted molar refractivity (Wildman–Crippen MR) is 85.2 cm³/mol. The van der Waals surface area contributed by atoms with Crippen LogP contribution in [0.4, 0.5) is 10.5 Å². The van der Waals surface area contributed by atoms with Crippen LogP contribution in [-0.2, 0) is 0 Å². The number of rotatable bonds is 8. The molecule has 0 saturated heterocycles. The number of urea groups is 1. The first kappa shape index (κ1) is 17.6. The molecule has 3 N–H and O–H groups in total. The molecule has 1 unspecified atom stereocenters. The highest BCUT2D eigenvalue weighted by Crippen LogP contribution is 2.28. The molecule has 0 radical (unpaired) electrons. The SMILES string of the molecule is CCCOc1ccc(Cl)cc1NC(=O)NC(C)CCCO. The van der Waals surface area contributed by atoms with Crippen molar-refractivity contribution in [3.63, 3.8) is 0 Å². The largest absolute Gasteiger partial charge is 0.491 e. The highest BCUT2D eigenvalue weighted by molar-refractivity contribution is 6.31. The molecule has 5 nitrogen and oxygen atoms in total. The Bertz CT molecular complexity index is 455. The number of carbonyl (C=O) groups is 1. The van der Waals surface area contributed by atoms with Gasteiger partial charge in [-0.1, -0.05) is 18.5 Å². The lowest BCUT2D eigenvalue weighted by atomic mass is 10.2. The molecule has 0 heterocycles. The second-order valence-electron chi connectivity index (χ2n) is 4.85. The van der Waals surface area contributed by atoms with E-state index < -0.39 is 0 Å². The zero-order valence-corrected chi connectivity index (χ0v) is 13.2. The Morgan fingerprint density at radius 3 is 2.90 bits per heavy atom. The molecule has 0 fully saturated rings. The van der Waals surface area contributed by atoms with Crippen LogP contribution < -0.4 is 15.4 Å². The van der Waals surface area contributed by atoms with E-state index in [0.29, 0.717) is 29.5 Å². The molecule has 1 rings (SSSR count). The summed E-state index contributed by atoms with van der Waals surface area (Å²) in [5.74, 6) is 0.597. The number of ether oxygens (including phenoxy) is 1. The van der Waals surface area contributed by atoms with Crippen molar-refractivity contribution in [2.75, 3.05) is 18.5 Å². The topological polar surface area (TPSA) is 70.6 Å². The molecule has 0 aliphatic heterocycles. The van der Waals surface area contributed by atoms with Crippen LogP contribution in [0, 0.1) is 0 Å². The normalized spacial score (nSPS) is 11.8. The number of carbonyl (C=O) groups excluding carboxylic acids is 1. The summed E-state index contributed by atoms with van der Waals surface area (Å²) < 4.78 is 5.58. The molecule has 21 heavy (non-hydrogen) atoms. The van der Waals surface area contributed by atoms with Crippen LogP contribution >= 0.6 is 11.6 Å². The van der Waals surface area contributed by atoms with Crippen LogP contribution in [0.2, 0.25) is 5.02 Å². The van der Waals surface area contributed by atoms with Crippen LogP contribution in [0.3, 0.4) is 0 Å². The number of hydrogen-bond acceptors (Lipinski definition) is 3. The minimum atomic E-state index is -0.316. The maximum atomic E-state index is 11.9. The zero-order chi connectivity index (χ0) is 15.7. The van der Waals surface area contributed by atoms with Gasteiger partial charge in [-0.25, -0.2) is 4.79 Å². The fourth-order valence-corrected chi connectivity index (χ4v) is 1.96. The monoisotopic (exact) mass is 314 g/mol. The molecule has 1 aromatic carbocycles. The lowest BCUT2D eigenvalue weighted by molar-refractivity contribution is 0.245. The highest BCUT2D eigenvalue weighted by atomic mass is 35.5. The standard InChI is InChI=1S/C15H23ClN2O3/c1-3-9-21-14-7-6-12(16)10-13(14)18-15(20)17-11(2)5-4-8-19/h6-7,10-11,19H,3-5,8-9H2,1-2H3,(H2,17,18,20). The number of nitrogens with one attached hydrogen (secondary N) is 2. The van der Waals surface area contributed by atoms with E-state index in [1.54, 1.807) is 18.2 Å². The molecule has 1 atom stereocenters. The molecular formula is C15H23ClN2O3. The number of aliphatic hydroxyl groups is 1. The van der Waals surface area contributed by atoms with E-state index in [1.165, 1.54) is 0 Å². The molecule has 0 aliphatic rings. The maximum Gasteiger partial charge on any atom is 0.319 e. The van der Waals surface area contributed by atoms with E-state index in [-0.39, 0.29) is 18.7 Å². The summed E-state index contributed by atoms with van der Waals surface area (Å²) in [7, 11) is 0. The van der Waals surface area contributed by atoms with Gasteiger partial charge in [0.25, 0.3) is 0 Å². The van der Waals surface area contributed by atoms with Crippen LogP contribution in [-0.4, -0.2) is 30.4 Å². The minimum Gasteiger partial charge on any atom is -0.491 e. The average Bonchev–Trinajstić information content (AvgIpc) is 2.44.